The molecule has 0 N–H and O–H groups in total. The molecular formula is C21H13F3N3O2. The van der Waals surface area contributed by atoms with Crippen molar-refractivity contribution in [1.29, 1.82) is 5.26 Å². The van der Waals surface area contributed by atoms with E-state index in [0.717, 1.165) is 17.0 Å². The highest BCUT2D eigenvalue weighted by molar-refractivity contribution is 6.23. The van der Waals surface area contributed by atoms with Gasteiger partial charge in [0, 0.05) is 0 Å². The van der Waals surface area contributed by atoms with Crippen molar-refractivity contribution in [2.24, 2.45) is 0 Å². The van der Waals surface area contributed by atoms with Crippen LogP contribution in [0.2, 0.25) is 0 Å². The molecule has 1 aliphatic heterocycles. The topological polar surface area (TPSA) is 64.4 Å². The second-order valence-electron chi connectivity index (χ2n) is 6.41. The highest BCUT2D eigenvalue weighted by Gasteiger charge is 2.55. The maximum atomic E-state index is 13.3. The number of rotatable bonds is 3. The molecule has 0 aromatic heterocycles. The summed E-state index contributed by atoms with van der Waals surface area (Å²) >= 11 is 0. The van der Waals surface area contributed by atoms with Crippen LogP contribution in [0.1, 0.15) is 23.6 Å². The smallest absolute Gasteiger partial charge is 0.294 e. The SMILES string of the molecule is C#CCN1C(=O)N(c2ccc(C#N)c(C(F)(F)F)c2)C(=O)C1(C)c1cc[c]cc1. The number of nitrogens with zero attached hydrogens (tertiary/aromatic N) is 3. The number of carbonyl (C=O) groups is 2. The van der Waals surface area contributed by atoms with Gasteiger partial charge in [-0.15, -0.1) is 6.42 Å². The number of benzene rings is 2. The quantitative estimate of drug-likeness (QED) is 0.587. The molecule has 1 fully saturated rings. The lowest BCUT2D eigenvalue weighted by atomic mass is 9.90. The second-order valence-corrected chi connectivity index (χ2v) is 6.41. The third-order valence-electron chi connectivity index (χ3n) is 4.80. The minimum atomic E-state index is -4.83. The number of alkyl halides is 3. The number of terminal acetylenes is 1. The summed E-state index contributed by atoms with van der Waals surface area (Å²) < 4.78 is 40.0. The highest BCUT2D eigenvalue weighted by atomic mass is 19.4. The number of nitriles is 1. The molecular weight excluding hydrogens is 383 g/mol. The van der Waals surface area contributed by atoms with Crippen molar-refractivity contribution in [3.8, 4) is 18.4 Å². The van der Waals surface area contributed by atoms with Gasteiger partial charge in [-0.3, -0.25) is 9.69 Å². The van der Waals surface area contributed by atoms with Gasteiger partial charge in [-0.25, -0.2) is 9.69 Å². The molecule has 0 aliphatic carbocycles. The Hall–Kier alpha value is -3.78. The molecule has 1 unspecified atom stereocenters. The molecule has 1 heterocycles. The number of urea groups is 1. The number of hydrogen-bond acceptors (Lipinski definition) is 3. The first-order valence-electron chi connectivity index (χ1n) is 8.33. The first kappa shape index (κ1) is 20.0. The predicted octanol–water partition coefficient (Wildman–Crippen LogP) is 3.69. The number of hydrogen-bond donors (Lipinski definition) is 0. The van der Waals surface area contributed by atoms with Crippen LogP contribution < -0.4 is 4.90 Å². The lowest BCUT2D eigenvalue weighted by molar-refractivity contribution is -0.137. The van der Waals surface area contributed by atoms with Crippen molar-refractivity contribution in [3.63, 3.8) is 0 Å². The Kier molecular flexibility index (Phi) is 4.81. The highest BCUT2D eigenvalue weighted by Crippen LogP contribution is 2.41. The molecule has 0 spiro atoms. The first-order valence-corrected chi connectivity index (χ1v) is 8.33. The van der Waals surface area contributed by atoms with E-state index in [9.17, 15) is 22.8 Å². The zero-order valence-corrected chi connectivity index (χ0v) is 15.1. The number of anilines is 1. The molecule has 1 aliphatic rings. The van der Waals surface area contributed by atoms with E-state index in [-0.39, 0.29) is 12.2 Å². The summed E-state index contributed by atoms with van der Waals surface area (Å²) in [5, 5.41) is 8.95. The van der Waals surface area contributed by atoms with E-state index < -0.39 is 34.8 Å². The molecule has 1 atom stereocenters. The van der Waals surface area contributed by atoms with Gasteiger partial charge in [-0.2, -0.15) is 18.4 Å². The molecule has 8 heteroatoms. The van der Waals surface area contributed by atoms with Gasteiger partial charge in [-0.05, 0) is 36.8 Å². The summed E-state index contributed by atoms with van der Waals surface area (Å²) in [5.74, 6) is 1.56. The number of halogens is 3. The van der Waals surface area contributed by atoms with Gasteiger partial charge in [0.25, 0.3) is 5.91 Å². The van der Waals surface area contributed by atoms with Crippen LogP contribution in [0.3, 0.4) is 0 Å². The first-order chi connectivity index (χ1) is 13.7. The predicted molar refractivity (Wildman–Crippen MR) is 97.2 cm³/mol. The molecule has 0 saturated carbocycles. The van der Waals surface area contributed by atoms with E-state index >= 15 is 0 Å². The molecule has 2 aromatic rings. The van der Waals surface area contributed by atoms with E-state index in [4.69, 9.17) is 11.7 Å². The van der Waals surface area contributed by atoms with Crippen LogP contribution in [0.25, 0.3) is 0 Å². The summed E-state index contributed by atoms with van der Waals surface area (Å²) in [6.07, 6.45) is 0.524. The van der Waals surface area contributed by atoms with Crippen molar-refractivity contribution in [3.05, 3.63) is 65.2 Å². The summed E-state index contributed by atoms with van der Waals surface area (Å²) in [4.78, 5) is 28.0. The Balaban J connectivity index is 2.17. The molecule has 2 aromatic carbocycles. The fourth-order valence-corrected chi connectivity index (χ4v) is 3.27. The maximum absolute atomic E-state index is 13.3. The van der Waals surface area contributed by atoms with E-state index in [1.165, 1.54) is 13.0 Å². The molecule has 0 bridgehead atoms. The molecule has 145 valence electrons. The van der Waals surface area contributed by atoms with Gasteiger partial charge in [0.15, 0.2) is 0 Å². The normalized spacial score (nSPS) is 19.2. The maximum Gasteiger partial charge on any atom is 0.417 e. The van der Waals surface area contributed by atoms with Crippen molar-refractivity contribution in [1.82, 2.24) is 4.90 Å². The fourth-order valence-electron chi connectivity index (χ4n) is 3.27. The standard InChI is InChI=1S/C21H13F3N3O2/c1-3-11-26-19(29)27(18(28)20(26,2)15-7-5-4-6-8-15)16-10-9-14(13-25)17(12-16)21(22,23)24/h1,5-10,12H,11H2,2H3. The van der Waals surface area contributed by atoms with E-state index in [2.05, 4.69) is 12.0 Å². The summed E-state index contributed by atoms with van der Waals surface area (Å²) in [5.41, 5.74) is -3.20. The van der Waals surface area contributed by atoms with Crippen LogP contribution in [0.15, 0.2) is 42.5 Å². The minimum Gasteiger partial charge on any atom is -0.294 e. The Labute approximate surface area is 164 Å². The van der Waals surface area contributed by atoms with Crippen LogP contribution in [0.5, 0.6) is 0 Å². The summed E-state index contributed by atoms with van der Waals surface area (Å²) in [6, 6.07) is 12.4. The van der Waals surface area contributed by atoms with Gasteiger partial charge < -0.3 is 0 Å². The molecule has 29 heavy (non-hydrogen) atoms. The average Bonchev–Trinajstić information content (AvgIpc) is 2.89. The van der Waals surface area contributed by atoms with Gasteiger partial charge in [0.05, 0.1) is 29.4 Å². The molecule has 3 rings (SSSR count). The monoisotopic (exact) mass is 396 g/mol. The van der Waals surface area contributed by atoms with Crippen molar-refractivity contribution in [2.45, 2.75) is 18.6 Å². The molecule has 5 nitrogen and oxygen atoms in total. The number of carbonyl (C=O) groups excluding carboxylic acids is 2. The van der Waals surface area contributed by atoms with Crippen molar-refractivity contribution >= 4 is 17.6 Å². The Bertz CT molecular complexity index is 1070. The van der Waals surface area contributed by atoms with Gasteiger partial charge in [-0.1, -0.05) is 30.2 Å². The van der Waals surface area contributed by atoms with E-state index in [0.29, 0.717) is 16.5 Å². The second kappa shape index (κ2) is 6.99. The summed E-state index contributed by atoms with van der Waals surface area (Å²) in [6.45, 7) is 1.26. The largest absolute Gasteiger partial charge is 0.417 e. The zero-order chi connectivity index (χ0) is 21.4. The van der Waals surface area contributed by atoms with Crippen LogP contribution in [0, 0.1) is 29.7 Å². The van der Waals surface area contributed by atoms with Crippen molar-refractivity contribution < 1.29 is 22.8 Å². The lowest BCUT2D eigenvalue weighted by Gasteiger charge is -2.30. The van der Waals surface area contributed by atoms with Gasteiger partial charge >= 0.3 is 12.2 Å². The van der Waals surface area contributed by atoms with Crippen LogP contribution in [-0.4, -0.2) is 23.4 Å². The Morgan fingerprint density at radius 2 is 1.86 bits per heavy atom. The summed E-state index contributed by atoms with van der Waals surface area (Å²) in [7, 11) is 0. The van der Waals surface area contributed by atoms with Crippen LogP contribution >= 0.6 is 0 Å². The van der Waals surface area contributed by atoms with Gasteiger partial charge in [0.2, 0.25) is 0 Å². The molecule has 1 saturated heterocycles. The number of imide groups is 1. The van der Waals surface area contributed by atoms with Crippen LogP contribution in [0.4, 0.5) is 23.7 Å². The minimum absolute atomic E-state index is 0.224. The third kappa shape index (κ3) is 3.09. The third-order valence-corrected chi connectivity index (χ3v) is 4.80. The number of amides is 3. The van der Waals surface area contributed by atoms with Gasteiger partial charge in [0.1, 0.15) is 5.54 Å². The zero-order valence-electron chi connectivity index (χ0n) is 15.1. The molecule has 1 radical (unpaired) electrons. The molecule has 3 amide bonds. The Morgan fingerprint density at radius 3 is 2.41 bits per heavy atom. The Morgan fingerprint density at radius 1 is 1.21 bits per heavy atom. The van der Waals surface area contributed by atoms with E-state index in [1.807, 2.05) is 0 Å². The average molecular weight is 396 g/mol. The van der Waals surface area contributed by atoms with Crippen LogP contribution in [-0.2, 0) is 16.5 Å². The van der Waals surface area contributed by atoms with E-state index in [1.54, 1.807) is 24.3 Å². The lowest BCUT2D eigenvalue weighted by Crippen LogP contribution is -2.44. The van der Waals surface area contributed by atoms with Crippen molar-refractivity contribution in [2.75, 3.05) is 11.4 Å². The fraction of sp³-hybridized carbons (Fsp3) is 0.190.